The quantitative estimate of drug-likeness (QED) is 0.768. The van der Waals surface area contributed by atoms with Crippen molar-refractivity contribution in [2.45, 2.75) is 0 Å². The molecule has 0 unspecified atom stereocenters. The number of aromatic nitrogens is 4. The summed E-state index contributed by atoms with van der Waals surface area (Å²) in [4.78, 5) is 25.9. The average molecular weight is 291 g/mol. The number of nitrogens with zero attached hydrogens (tertiary/aromatic N) is 3. The zero-order valence-corrected chi connectivity index (χ0v) is 10.6. The number of benzene rings is 1. The van der Waals surface area contributed by atoms with Crippen molar-refractivity contribution >= 4 is 28.7 Å². The van der Waals surface area contributed by atoms with Gasteiger partial charge in [0.2, 0.25) is 5.88 Å². The number of aromatic amines is 1. The Labute approximate surface area is 117 Å². The largest absolute Gasteiger partial charge is 0.478 e. The predicted molar refractivity (Wildman–Crippen MR) is 70.2 cm³/mol. The van der Waals surface area contributed by atoms with Crippen LogP contribution in [0, 0.1) is 0 Å². The molecule has 0 bridgehead atoms. The molecule has 8 heteroatoms. The molecule has 1 aromatic carbocycles. The van der Waals surface area contributed by atoms with Crippen LogP contribution >= 0.6 is 11.6 Å². The van der Waals surface area contributed by atoms with E-state index in [1.165, 1.54) is 30.9 Å². The first-order chi connectivity index (χ1) is 9.65. The Morgan fingerprint density at radius 2 is 2.15 bits per heavy atom. The first-order valence-corrected chi connectivity index (χ1v) is 5.88. The molecule has 20 heavy (non-hydrogen) atoms. The molecule has 2 aromatic heterocycles. The first kappa shape index (κ1) is 12.4. The van der Waals surface area contributed by atoms with Crippen molar-refractivity contribution in [1.82, 2.24) is 19.9 Å². The number of carboxylic acid groups (broad SMARTS) is 1. The summed E-state index contributed by atoms with van der Waals surface area (Å²) < 4.78 is 5.54. The summed E-state index contributed by atoms with van der Waals surface area (Å²) in [5, 5.41) is 9.46. The van der Waals surface area contributed by atoms with E-state index >= 15 is 0 Å². The minimum Gasteiger partial charge on any atom is -0.478 e. The van der Waals surface area contributed by atoms with E-state index in [0.29, 0.717) is 16.2 Å². The molecule has 0 amide bonds. The SMILES string of the molecule is O=C(O)c1cc(Cl)ccc1Oc1ncnc2nc[nH]c12. The van der Waals surface area contributed by atoms with Crippen molar-refractivity contribution in [2.75, 3.05) is 0 Å². The number of hydrogen-bond donors (Lipinski definition) is 2. The Kier molecular flexibility index (Phi) is 2.96. The number of hydrogen-bond acceptors (Lipinski definition) is 5. The van der Waals surface area contributed by atoms with Crippen LogP contribution in [-0.2, 0) is 0 Å². The lowest BCUT2D eigenvalue weighted by atomic mass is 10.2. The molecule has 0 aliphatic rings. The maximum absolute atomic E-state index is 11.2. The third-order valence-corrected chi connectivity index (χ3v) is 2.80. The fourth-order valence-electron chi connectivity index (χ4n) is 1.68. The molecular formula is C12H7ClN4O3. The van der Waals surface area contributed by atoms with Gasteiger partial charge in [-0.05, 0) is 18.2 Å². The number of imidazole rings is 1. The summed E-state index contributed by atoms with van der Waals surface area (Å²) in [6.07, 6.45) is 2.74. The van der Waals surface area contributed by atoms with Gasteiger partial charge >= 0.3 is 5.97 Å². The number of aromatic carboxylic acids is 1. The van der Waals surface area contributed by atoms with Gasteiger partial charge in [-0.1, -0.05) is 11.6 Å². The maximum Gasteiger partial charge on any atom is 0.339 e. The van der Waals surface area contributed by atoms with Crippen LogP contribution in [0.3, 0.4) is 0 Å². The monoisotopic (exact) mass is 290 g/mol. The minimum absolute atomic E-state index is 0.0521. The van der Waals surface area contributed by atoms with Gasteiger partial charge in [0.25, 0.3) is 0 Å². The topological polar surface area (TPSA) is 101 Å². The molecule has 0 radical (unpaired) electrons. The van der Waals surface area contributed by atoms with Gasteiger partial charge in [-0.3, -0.25) is 0 Å². The minimum atomic E-state index is -1.14. The standard InChI is InChI=1S/C12H7ClN4O3/c13-6-1-2-8(7(3-6)12(18)19)20-11-9-10(15-4-14-9)16-5-17-11/h1-5H,(H,18,19)(H,14,15,16,17). The number of carboxylic acids is 1. The Morgan fingerprint density at radius 3 is 2.95 bits per heavy atom. The van der Waals surface area contributed by atoms with Crippen molar-refractivity contribution in [2.24, 2.45) is 0 Å². The molecule has 0 aliphatic carbocycles. The molecule has 0 saturated heterocycles. The molecular weight excluding hydrogens is 284 g/mol. The van der Waals surface area contributed by atoms with Crippen molar-refractivity contribution in [3.63, 3.8) is 0 Å². The van der Waals surface area contributed by atoms with Crippen LogP contribution in [0.2, 0.25) is 5.02 Å². The lowest BCUT2D eigenvalue weighted by Gasteiger charge is -2.08. The highest BCUT2D eigenvalue weighted by Crippen LogP contribution is 2.29. The average Bonchev–Trinajstić information content (AvgIpc) is 2.90. The summed E-state index contributed by atoms with van der Waals surface area (Å²) in [5.74, 6) is -0.814. The number of ether oxygens (including phenoxy) is 1. The molecule has 2 heterocycles. The zero-order chi connectivity index (χ0) is 14.1. The molecule has 0 atom stereocenters. The lowest BCUT2D eigenvalue weighted by Crippen LogP contribution is -2.01. The van der Waals surface area contributed by atoms with Crippen LogP contribution in [0.15, 0.2) is 30.9 Å². The van der Waals surface area contributed by atoms with E-state index in [1.54, 1.807) is 0 Å². The van der Waals surface area contributed by atoms with Crippen LogP contribution in [-0.4, -0.2) is 31.0 Å². The number of halogens is 1. The molecule has 3 aromatic rings. The van der Waals surface area contributed by atoms with Crippen LogP contribution in [0.25, 0.3) is 11.2 Å². The summed E-state index contributed by atoms with van der Waals surface area (Å²) in [5.41, 5.74) is 0.864. The van der Waals surface area contributed by atoms with Gasteiger partial charge in [-0.2, -0.15) is 4.98 Å². The van der Waals surface area contributed by atoms with Crippen molar-refractivity contribution in [1.29, 1.82) is 0 Å². The van der Waals surface area contributed by atoms with Crippen LogP contribution in [0.1, 0.15) is 10.4 Å². The van der Waals surface area contributed by atoms with E-state index in [9.17, 15) is 4.79 Å². The second-order valence-electron chi connectivity index (χ2n) is 3.83. The Hall–Kier alpha value is -2.67. The van der Waals surface area contributed by atoms with E-state index in [0.717, 1.165) is 0 Å². The maximum atomic E-state index is 11.2. The number of H-pyrrole nitrogens is 1. The van der Waals surface area contributed by atoms with Gasteiger partial charge in [0.05, 0.1) is 6.33 Å². The van der Waals surface area contributed by atoms with Crippen molar-refractivity contribution in [3.8, 4) is 11.6 Å². The molecule has 3 rings (SSSR count). The second kappa shape index (κ2) is 4.78. The van der Waals surface area contributed by atoms with Crippen molar-refractivity contribution < 1.29 is 14.6 Å². The number of rotatable bonds is 3. The fourth-order valence-corrected chi connectivity index (χ4v) is 1.85. The Bertz CT molecular complexity index is 802. The lowest BCUT2D eigenvalue weighted by molar-refractivity contribution is 0.0694. The third kappa shape index (κ3) is 2.14. The normalized spacial score (nSPS) is 10.7. The summed E-state index contributed by atoms with van der Waals surface area (Å²) >= 11 is 5.78. The summed E-state index contributed by atoms with van der Waals surface area (Å²) in [6, 6.07) is 4.31. The van der Waals surface area contributed by atoms with Crippen LogP contribution in [0.5, 0.6) is 11.6 Å². The highest BCUT2D eigenvalue weighted by Gasteiger charge is 2.15. The zero-order valence-electron chi connectivity index (χ0n) is 9.87. The molecule has 100 valence electrons. The van der Waals surface area contributed by atoms with Gasteiger partial charge in [-0.25, -0.2) is 14.8 Å². The van der Waals surface area contributed by atoms with Crippen LogP contribution in [0.4, 0.5) is 0 Å². The molecule has 2 N–H and O–H groups in total. The van der Waals surface area contributed by atoms with Gasteiger partial charge in [-0.15, -0.1) is 0 Å². The third-order valence-electron chi connectivity index (χ3n) is 2.57. The number of nitrogens with one attached hydrogen (secondary N) is 1. The van der Waals surface area contributed by atoms with E-state index in [4.69, 9.17) is 21.4 Å². The summed E-state index contributed by atoms with van der Waals surface area (Å²) in [7, 11) is 0. The van der Waals surface area contributed by atoms with Gasteiger partial charge < -0.3 is 14.8 Å². The highest BCUT2D eigenvalue weighted by atomic mass is 35.5. The highest BCUT2D eigenvalue weighted by molar-refractivity contribution is 6.31. The van der Waals surface area contributed by atoms with Gasteiger partial charge in [0.15, 0.2) is 5.65 Å². The van der Waals surface area contributed by atoms with Gasteiger partial charge in [0.1, 0.15) is 23.2 Å². The van der Waals surface area contributed by atoms with Gasteiger partial charge in [0, 0.05) is 5.02 Å². The van der Waals surface area contributed by atoms with E-state index < -0.39 is 5.97 Å². The second-order valence-corrected chi connectivity index (χ2v) is 4.26. The first-order valence-electron chi connectivity index (χ1n) is 5.50. The molecule has 7 nitrogen and oxygen atoms in total. The number of carbonyl (C=O) groups is 1. The van der Waals surface area contributed by atoms with E-state index in [-0.39, 0.29) is 17.2 Å². The predicted octanol–water partition coefficient (Wildman–Crippen LogP) is 2.50. The smallest absolute Gasteiger partial charge is 0.339 e. The Balaban J connectivity index is 2.07. The van der Waals surface area contributed by atoms with E-state index in [2.05, 4.69) is 19.9 Å². The molecule has 0 aliphatic heterocycles. The fraction of sp³-hybridized carbons (Fsp3) is 0. The molecule has 0 saturated carbocycles. The summed E-state index contributed by atoms with van der Waals surface area (Å²) in [6.45, 7) is 0. The molecule has 0 fully saturated rings. The van der Waals surface area contributed by atoms with E-state index in [1.807, 2.05) is 0 Å². The van der Waals surface area contributed by atoms with Crippen molar-refractivity contribution in [3.05, 3.63) is 41.4 Å². The number of fused-ring (bicyclic) bond motifs is 1. The Morgan fingerprint density at radius 1 is 1.30 bits per heavy atom. The van der Waals surface area contributed by atoms with Crippen LogP contribution < -0.4 is 4.74 Å². The molecule has 0 spiro atoms.